The van der Waals surface area contributed by atoms with Gasteiger partial charge >= 0.3 is 0 Å². The maximum absolute atomic E-state index is 2.32. The number of hydrogen-bond donors (Lipinski definition) is 0. The zero-order chi connectivity index (χ0) is 7.49. The van der Waals surface area contributed by atoms with E-state index in [0.717, 1.165) is 0 Å². The number of hydrogen-bond acceptors (Lipinski definition) is 1. The fourth-order valence-electron chi connectivity index (χ4n) is 0.721. The predicted octanol–water partition coefficient (Wildman–Crippen LogP) is 2.90. The third-order valence-electron chi connectivity index (χ3n) is 1.04. The Hall–Kier alpha value is 0.440. The molecule has 9 heavy (non-hydrogen) atoms. The van der Waals surface area contributed by atoms with Crippen LogP contribution in [0.15, 0.2) is 10.3 Å². The van der Waals surface area contributed by atoms with Gasteiger partial charge in [0.1, 0.15) is 0 Å². The number of allylic oxidation sites excluding steroid dienone is 1. The van der Waals surface area contributed by atoms with E-state index in [2.05, 4.69) is 38.0 Å². The summed E-state index contributed by atoms with van der Waals surface area (Å²) in [4.78, 5) is 0. The highest BCUT2D eigenvalue weighted by atomic mass is 32.3. The summed E-state index contributed by atoms with van der Waals surface area (Å²) >= 11 is 1.87. The molecule has 0 aliphatic rings. The Balaban J connectivity index is 4.14. The van der Waals surface area contributed by atoms with Gasteiger partial charge in [-0.2, -0.15) is 0 Å². The monoisotopic (exact) mass is 164 g/mol. The first kappa shape index (κ1) is 9.44. The topological polar surface area (TPSA) is 0 Å². The zero-order valence-electron chi connectivity index (χ0n) is 6.89. The van der Waals surface area contributed by atoms with Gasteiger partial charge in [-0.15, -0.1) is 11.8 Å². The molecule has 2 heteroatoms. The highest BCUT2D eigenvalue weighted by Gasteiger charge is 2.07. The Labute approximate surface area is 64.4 Å². The van der Waals surface area contributed by atoms with Crippen molar-refractivity contribution in [1.29, 1.82) is 0 Å². The van der Waals surface area contributed by atoms with Gasteiger partial charge in [-0.1, -0.05) is 6.08 Å². The lowest BCUT2D eigenvalue weighted by molar-refractivity contribution is 1.76. The summed E-state index contributed by atoms with van der Waals surface area (Å²) in [5.41, 5.74) is 0. The summed E-state index contributed by atoms with van der Waals surface area (Å²) in [6.07, 6.45) is 11.3. The molecule has 0 bridgehead atoms. The van der Waals surface area contributed by atoms with Crippen LogP contribution in [0.3, 0.4) is 0 Å². The van der Waals surface area contributed by atoms with Gasteiger partial charge in [0.25, 0.3) is 0 Å². The first-order chi connectivity index (χ1) is 4.02. The van der Waals surface area contributed by atoms with Gasteiger partial charge in [0.15, 0.2) is 0 Å². The van der Waals surface area contributed by atoms with Crippen LogP contribution in [0.1, 0.15) is 6.92 Å². The quantitative estimate of drug-likeness (QED) is 0.605. The molecule has 0 fully saturated rings. The summed E-state index contributed by atoms with van der Waals surface area (Å²) in [5, 5.41) is 0. The molecular formula is C7H16S2. The van der Waals surface area contributed by atoms with Gasteiger partial charge < -0.3 is 0 Å². The molecule has 0 saturated carbocycles. The standard InChI is InChI=1S/C7H16S2/c1-6-7(8-2)9(3,4)5/h6H,1-5H3. The largest absolute Gasteiger partial charge is 0.218 e. The van der Waals surface area contributed by atoms with Gasteiger partial charge in [0.2, 0.25) is 0 Å². The van der Waals surface area contributed by atoms with Crippen molar-refractivity contribution in [2.24, 2.45) is 0 Å². The molecule has 0 radical (unpaired) electrons. The number of thioether (sulfide) groups is 1. The predicted molar refractivity (Wildman–Crippen MR) is 52.6 cm³/mol. The molecule has 0 aromatic heterocycles. The summed E-state index contributed by atoms with van der Waals surface area (Å²) in [5.74, 6) is 0. The van der Waals surface area contributed by atoms with E-state index in [1.165, 1.54) is 0 Å². The van der Waals surface area contributed by atoms with Crippen LogP contribution < -0.4 is 0 Å². The Morgan fingerprint density at radius 2 is 1.78 bits per heavy atom. The molecule has 0 heterocycles. The minimum atomic E-state index is -0.441. The fraction of sp³-hybridized carbons (Fsp3) is 0.714. The average Bonchev–Trinajstić information content (AvgIpc) is 1.65. The van der Waals surface area contributed by atoms with Crippen molar-refractivity contribution in [2.45, 2.75) is 6.92 Å². The smallest absolute Gasteiger partial charge is 0.0178 e. The van der Waals surface area contributed by atoms with Crippen LogP contribution in [0.5, 0.6) is 0 Å². The van der Waals surface area contributed by atoms with Crippen LogP contribution >= 0.6 is 21.8 Å². The van der Waals surface area contributed by atoms with Crippen molar-refractivity contribution in [3.63, 3.8) is 0 Å². The summed E-state index contributed by atoms with van der Waals surface area (Å²) < 4.78 is 1.54. The average molecular weight is 164 g/mol. The van der Waals surface area contributed by atoms with E-state index in [-0.39, 0.29) is 0 Å². The van der Waals surface area contributed by atoms with Crippen molar-refractivity contribution >= 4 is 21.8 Å². The van der Waals surface area contributed by atoms with Crippen molar-refractivity contribution in [1.82, 2.24) is 0 Å². The second-order valence-electron chi connectivity index (χ2n) is 2.65. The second kappa shape index (κ2) is 3.57. The molecule has 0 rings (SSSR count). The van der Waals surface area contributed by atoms with Crippen LogP contribution in [0.25, 0.3) is 0 Å². The van der Waals surface area contributed by atoms with Crippen LogP contribution in [-0.2, 0) is 0 Å². The van der Waals surface area contributed by atoms with E-state index in [0.29, 0.717) is 0 Å². The van der Waals surface area contributed by atoms with Crippen LogP contribution in [0.4, 0.5) is 0 Å². The highest BCUT2D eigenvalue weighted by Crippen LogP contribution is 2.49. The first-order valence-corrected chi connectivity index (χ1v) is 6.99. The maximum atomic E-state index is 2.32. The molecule has 0 unspecified atom stereocenters. The first-order valence-electron chi connectivity index (χ1n) is 2.91. The molecular weight excluding hydrogens is 148 g/mol. The van der Waals surface area contributed by atoms with Crippen molar-refractivity contribution in [3.8, 4) is 0 Å². The Morgan fingerprint density at radius 3 is 1.78 bits per heavy atom. The van der Waals surface area contributed by atoms with Crippen molar-refractivity contribution in [2.75, 3.05) is 25.0 Å². The molecule has 0 atom stereocenters. The number of rotatable bonds is 2. The van der Waals surface area contributed by atoms with Crippen LogP contribution in [0, 0.1) is 0 Å². The molecule has 0 nitrogen and oxygen atoms in total. The van der Waals surface area contributed by atoms with Crippen molar-refractivity contribution < 1.29 is 0 Å². The maximum Gasteiger partial charge on any atom is 0.0178 e. The van der Waals surface area contributed by atoms with E-state index in [1.54, 1.807) is 4.24 Å². The fourth-order valence-corrected chi connectivity index (χ4v) is 3.66. The van der Waals surface area contributed by atoms with E-state index in [1.807, 2.05) is 11.8 Å². The molecule has 0 aliphatic carbocycles. The van der Waals surface area contributed by atoms with E-state index >= 15 is 0 Å². The Morgan fingerprint density at radius 1 is 1.33 bits per heavy atom. The molecule has 0 saturated heterocycles. The van der Waals surface area contributed by atoms with E-state index in [9.17, 15) is 0 Å². The lowest BCUT2D eigenvalue weighted by atomic mass is 10.8. The molecule has 0 aliphatic heterocycles. The molecule has 0 aromatic rings. The Bertz CT molecular complexity index is 109. The van der Waals surface area contributed by atoms with E-state index in [4.69, 9.17) is 0 Å². The highest BCUT2D eigenvalue weighted by molar-refractivity contribution is 8.43. The van der Waals surface area contributed by atoms with Gasteiger partial charge in [-0.3, -0.25) is 0 Å². The van der Waals surface area contributed by atoms with Gasteiger partial charge in [0, 0.05) is 4.24 Å². The minimum absolute atomic E-state index is 0.441. The van der Waals surface area contributed by atoms with Gasteiger partial charge in [-0.25, -0.2) is 10.0 Å². The molecule has 56 valence electrons. The normalized spacial score (nSPS) is 15.9. The van der Waals surface area contributed by atoms with Gasteiger partial charge in [0.05, 0.1) is 0 Å². The van der Waals surface area contributed by atoms with Gasteiger partial charge in [-0.05, 0) is 31.9 Å². The molecule has 0 amide bonds. The van der Waals surface area contributed by atoms with Crippen LogP contribution in [0.2, 0.25) is 0 Å². The van der Waals surface area contributed by atoms with E-state index < -0.39 is 10.0 Å². The van der Waals surface area contributed by atoms with Crippen molar-refractivity contribution in [3.05, 3.63) is 10.3 Å². The molecule has 0 N–H and O–H groups in total. The molecule has 0 spiro atoms. The lowest BCUT2D eigenvalue weighted by Crippen LogP contribution is -1.91. The summed E-state index contributed by atoms with van der Waals surface area (Å²) in [7, 11) is -0.441. The lowest BCUT2D eigenvalue weighted by Gasteiger charge is -2.27. The summed E-state index contributed by atoms with van der Waals surface area (Å²) in [6.45, 7) is 2.12. The third-order valence-corrected chi connectivity index (χ3v) is 5.12. The summed E-state index contributed by atoms with van der Waals surface area (Å²) in [6, 6.07) is 0. The minimum Gasteiger partial charge on any atom is -0.218 e. The zero-order valence-corrected chi connectivity index (χ0v) is 8.53. The SMILES string of the molecule is CC=C(SC)S(C)(C)C. The second-order valence-corrected chi connectivity index (χ2v) is 7.87. The van der Waals surface area contributed by atoms with Crippen LogP contribution in [-0.4, -0.2) is 25.0 Å². The molecule has 0 aromatic carbocycles. The third kappa shape index (κ3) is 3.21. The Kier molecular flexibility index (Phi) is 3.74.